The third kappa shape index (κ3) is 1.89. The monoisotopic (exact) mass is 133 g/mol. The minimum Gasteiger partial charge on any atom is -0.303 e. The van der Waals surface area contributed by atoms with Crippen LogP contribution in [0.25, 0.3) is 0 Å². The Morgan fingerprint density at radius 3 is 2.90 bits per heavy atom. The van der Waals surface area contributed by atoms with Gasteiger partial charge in [-0.3, -0.25) is 0 Å². The molecule has 0 aromatic carbocycles. The summed E-state index contributed by atoms with van der Waals surface area (Å²) in [6.45, 7) is 0. The number of hydrogen-bond acceptors (Lipinski definition) is 1. The smallest absolute Gasteiger partial charge is 0.123 e. The summed E-state index contributed by atoms with van der Waals surface area (Å²) in [5, 5.41) is 0. The summed E-state index contributed by atoms with van der Waals surface area (Å²) in [5.41, 5.74) is 0. The summed E-state index contributed by atoms with van der Waals surface area (Å²) in [7, 11) is 7.11. The first-order valence-electron chi connectivity index (χ1n) is 3.87. The highest BCUT2D eigenvalue weighted by Crippen LogP contribution is 2.30. The van der Waals surface area contributed by atoms with Crippen LogP contribution in [0.2, 0.25) is 5.82 Å². The van der Waals surface area contributed by atoms with Gasteiger partial charge in [0.25, 0.3) is 0 Å². The summed E-state index contributed by atoms with van der Waals surface area (Å²) in [5.74, 6) is 0.766. The zero-order valence-corrected chi connectivity index (χ0v) is 6.12. The molecule has 1 rings (SSSR count). The van der Waals surface area contributed by atoms with Gasteiger partial charge in [-0.1, -0.05) is 18.7 Å². The first-order valence-corrected chi connectivity index (χ1v) is 3.87. The van der Waals surface area contributed by atoms with Crippen molar-refractivity contribution in [3.05, 3.63) is 0 Å². The Hall–Kier alpha value is -0.200. The molecule has 1 fully saturated rings. The second-order valence-corrected chi connectivity index (χ2v) is 3.02. The highest BCUT2D eigenvalue weighted by molar-refractivity contribution is 6.90. The highest BCUT2D eigenvalue weighted by Gasteiger charge is 2.19. The molecule has 0 aromatic heterocycles. The molecule has 0 aliphatic heterocycles. The second kappa shape index (κ2) is 3.85. The van der Waals surface area contributed by atoms with E-state index in [4.69, 9.17) is 7.74 Å². The molecule has 0 heterocycles. The molecule has 0 bridgehead atoms. The van der Waals surface area contributed by atoms with E-state index >= 15 is 0 Å². The van der Waals surface area contributed by atoms with Gasteiger partial charge in [0.2, 0.25) is 0 Å². The molecule has 3 radical (unpaired) electrons. The number of aldehydes is 1. The normalized spacial score (nSPS) is 33.2. The van der Waals surface area contributed by atoms with E-state index in [0.717, 1.165) is 25.5 Å². The molecule has 0 spiro atoms. The Bertz CT molecular complexity index is 116. The van der Waals surface area contributed by atoms with Gasteiger partial charge in [-0.15, -0.1) is 0 Å². The van der Waals surface area contributed by atoms with Crippen LogP contribution in [0.15, 0.2) is 0 Å². The summed E-state index contributed by atoms with van der Waals surface area (Å²) in [6, 6.07) is 0. The van der Waals surface area contributed by atoms with Crippen molar-refractivity contribution in [1.82, 2.24) is 0 Å². The van der Waals surface area contributed by atoms with Crippen LogP contribution in [0.4, 0.5) is 0 Å². The van der Waals surface area contributed by atoms with Crippen LogP contribution < -0.4 is 0 Å². The van der Waals surface area contributed by atoms with Gasteiger partial charge in [-0.2, -0.15) is 0 Å². The quantitative estimate of drug-likeness (QED) is 0.404. The van der Waals surface area contributed by atoms with Gasteiger partial charge in [-0.05, 0) is 12.8 Å². The molecule has 0 N–H and O–H groups in total. The maximum absolute atomic E-state index is 10.4. The van der Waals surface area contributed by atoms with E-state index in [-0.39, 0.29) is 5.92 Å². The minimum atomic E-state index is 0.276. The first kappa shape index (κ1) is 7.90. The molecule has 1 nitrogen and oxygen atoms in total. The average Bonchev–Trinajstić information content (AvgIpc) is 2.05. The maximum atomic E-state index is 10.4. The number of rotatable bonds is 2. The predicted molar refractivity (Wildman–Crippen MR) is 43.3 cm³/mol. The van der Waals surface area contributed by atoms with Gasteiger partial charge in [-0.25, -0.2) is 0 Å². The van der Waals surface area contributed by atoms with Crippen LogP contribution in [0, 0.1) is 5.92 Å². The van der Waals surface area contributed by atoms with Crippen molar-refractivity contribution in [2.75, 3.05) is 0 Å². The molecular weight excluding hydrogens is 122 g/mol. The second-order valence-electron chi connectivity index (χ2n) is 3.02. The Morgan fingerprint density at radius 2 is 2.30 bits per heavy atom. The highest BCUT2D eigenvalue weighted by atomic mass is 16.1. The fourth-order valence-corrected chi connectivity index (χ4v) is 1.57. The standard InChI is InChI=1S/C7H11B2O/c8-9-7-3-1-2-6(4-7)5-10/h5-7H,1-4H2. The Labute approximate surface area is 64.2 Å². The van der Waals surface area contributed by atoms with Gasteiger partial charge >= 0.3 is 0 Å². The van der Waals surface area contributed by atoms with E-state index in [1.54, 1.807) is 7.17 Å². The lowest BCUT2D eigenvalue weighted by atomic mass is 9.44. The lowest BCUT2D eigenvalue weighted by Crippen LogP contribution is -2.16. The zero-order chi connectivity index (χ0) is 7.40. The van der Waals surface area contributed by atoms with Crippen LogP contribution >= 0.6 is 0 Å². The van der Waals surface area contributed by atoms with Crippen molar-refractivity contribution in [1.29, 1.82) is 0 Å². The molecule has 1 saturated carbocycles. The van der Waals surface area contributed by atoms with Crippen molar-refractivity contribution in [2.24, 2.45) is 5.92 Å². The molecule has 3 heteroatoms. The molecule has 2 atom stereocenters. The van der Waals surface area contributed by atoms with Gasteiger partial charge < -0.3 is 4.79 Å². The molecule has 2 unspecified atom stereocenters. The topological polar surface area (TPSA) is 17.1 Å². The van der Waals surface area contributed by atoms with Crippen LogP contribution in [-0.2, 0) is 4.79 Å². The minimum absolute atomic E-state index is 0.276. The van der Waals surface area contributed by atoms with Crippen LogP contribution in [-0.4, -0.2) is 21.2 Å². The lowest BCUT2D eigenvalue weighted by Gasteiger charge is -2.24. The van der Waals surface area contributed by atoms with E-state index < -0.39 is 0 Å². The third-order valence-electron chi connectivity index (χ3n) is 2.22. The number of carbonyl (C=O) groups is 1. The number of hydrogen-bond donors (Lipinski definition) is 0. The molecule has 0 aromatic rings. The van der Waals surface area contributed by atoms with E-state index in [0.29, 0.717) is 5.82 Å². The van der Waals surface area contributed by atoms with Crippen molar-refractivity contribution < 1.29 is 4.79 Å². The third-order valence-corrected chi connectivity index (χ3v) is 2.22. The van der Waals surface area contributed by atoms with E-state index in [9.17, 15) is 4.79 Å². The SMILES string of the molecule is [B][B]C1CCCC(C=O)C1. The summed E-state index contributed by atoms with van der Waals surface area (Å²) < 4.78 is 0. The van der Waals surface area contributed by atoms with Crippen molar-refractivity contribution >= 4 is 21.2 Å². The summed E-state index contributed by atoms with van der Waals surface area (Å²) >= 11 is 0. The molecule has 1 aliphatic rings. The fourth-order valence-electron chi connectivity index (χ4n) is 1.57. The first-order chi connectivity index (χ1) is 4.86. The number of carbonyl (C=O) groups excluding carboxylic acids is 1. The van der Waals surface area contributed by atoms with Crippen molar-refractivity contribution in [3.8, 4) is 0 Å². The van der Waals surface area contributed by atoms with Crippen molar-refractivity contribution in [3.63, 3.8) is 0 Å². The Morgan fingerprint density at radius 1 is 1.50 bits per heavy atom. The van der Waals surface area contributed by atoms with Crippen LogP contribution in [0.5, 0.6) is 0 Å². The molecule has 1 aliphatic carbocycles. The van der Waals surface area contributed by atoms with Gasteiger partial charge in [0, 0.05) is 13.7 Å². The van der Waals surface area contributed by atoms with Crippen LogP contribution in [0.1, 0.15) is 25.7 Å². The molecule has 0 amide bonds. The maximum Gasteiger partial charge on any atom is 0.123 e. The van der Waals surface area contributed by atoms with Gasteiger partial charge in [0.05, 0.1) is 7.17 Å². The van der Waals surface area contributed by atoms with E-state index in [1.165, 1.54) is 6.42 Å². The van der Waals surface area contributed by atoms with Gasteiger partial charge in [0.1, 0.15) is 6.29 Å². The van der Waals surface area contributed by atoms with E-state index in [1.807, 2.05) is 0 Å². The Balaban J connectivity index is 2.31. The lowest BCUT2D eigenvalue weighted by molar-refractivity contribution is -0.111. The fraction of sp³-hybridized carbons (Fsp3) is 0.857. The van der Waals surface area contributed by atoms with Gasteiger partial charge in [0.15, 0.2) is 0 Å². The predicted octanol–water partition coefficient (Wildman–Crippen LogP) is 0.952. The molecular formula is C7H11B2O. The zero-order valence-electron chi connectivity index (χ0n) is 6.12. The molecule has 10 heavy (non-hydrogen) atoms. The summed E-state index contributed by atoms with van der Waals surface area (Å²) in [4.78, 5) is 10.4. The Kier molecular flexibility index (Phi) is 3.04. The van der Waals surface area contributed by atoms with Crippen LogP contribution in [0.3, 0.4) is 0 Å². The van der Waals surface area contributed by atoms with E-state index in [2.05, 4.69) is 0 Å². The van der Waals surface area contributed by atoms with Crippen molar-refractivity contribution in [2.45, 2.75) is 31.5 Å². The summed E-state index contributed by atoms with van der Waals surface area (Å²) in [6.07, 6.45) is 5.42. The largest absolute Gasteiger partial charge is 0.303 e. The molecule has 0 saturated heterocycles. The average molecular weight is 133 g/mol. The molecule has 51 valence electrons.